The third-order valence-corrected chi connectivity index (χ3v) is 4.42. The third kappa shape index (κ3) is 4.06. The van der Waals surface area contributed by atoms with Gasteiger partial charge in [0.15, 0.2) is 0 Å². The van der Waals surface area contributed by atoms with Crippen LogP contribution in [-0.4, -0.2) is 34.5 Å². The second-order valence-electron chi connectivity index (χ2n) is 4.93. The van der Waals surface area contributed by atoms with Crippen LogP contribution in [0.25, 0.3) is 0 Å². The maximum atomic E-state index is 12.3. The highest BCUT2D eigenvalue weighted by atomic mass is 32.1. The molecule has 1 aromatic heterocycles. The molecule has 0 bridgehead atoms. The van der Waals surface area contributed by atoms with Gasteiger partial charge in [0.25, 0.3) is 0 Å². The van der Waals surface area contributed by atoms with Gasteiger partial charge < -0.3 is 10.0 Å². The van der Waals surface area contributed by atoms with E-state index in [1.54, 1.807) is 11.3 Å². The average Bonchev–Trinajstić information content (AvgIpc) is 2.89. The number of piperidine rings is 1. The molecule has 2 heterocycles. The van der Waals surface area contributed by atoms with E-state index in [0.29, 0.717) is 12.8 Å². The van der Waals surface area contributed by atoms with Crippen molar-refractivity contribution in [2.75, 3.05) is 6.54 Å². The Labute approximate surface area is 117 Å². The monoisotopic (exact) mass is 281 g/mol. The van der Waals surface area contributed by atoms with Crippen molar-refractivity contribution in [3.05, 3.63) is 22.4 Å². The minimum absolute atomic E-state index is 0.109. The highest BCUT2D eigenvalue weighted by Gasteiger charge is 2.26. The predicted molar refractivity (Wildman–Crippen MR) is 74.2 cm³/mol. The van der Waals surface area contributed by atoms with Crippen LogP contribution in [0.5, 0.6) is 0 Å². The lowest BCUT2D eigenvalue weighted by atomic mass is 9.97. The topological polar surface area (TPSA) is 57.6 Å². The van der Waals surface area contributed by atoms with E-state index >= 15 is 0 Å². The van der Waals surface area contributed by atoms with Gasteiger partial charge in [-0.05, 0) is 37.1 Å². The van der Waals surface area contributed by atoms with Gasteiger partial charge in [0, 0.05) is 23.9 Å². The molecular formula is C14H19NO3S. The van der Waals surface area contributed by atoms with Crippen LogP contribution in [0.4, 0.5) is 0 Å². The fourth-order valence-corrected chi connectivity index (χ4v) is 3.28. The minimum Gasteiger partial charge on any atom is -0.481 e. The van der Waals surface area contributed by atoms with E-state index in [9.17, 15) is 9.59 Å². The van der Waals surface area contributed by atoms with E-state index in [2.05, 4.69) is 0 Å². The maximum absolute atomic E-state index is 12.3. The second-order valence-corrected chi connectivity index (χ2v) is 5.96. The summed E-state index contributed by atoms with van der Waals surface area (Å²) in [5.41, 5.74) is 0. The lowest BCUT2D eigenvalue weighted by Gasteiger charge is -2.35. The summed E-state index contributed by atoms with van der Waals surface area (Å²) < 4.78 is 0. The smallest absolute Gasteiger partial charge is 0.303 e. The Kier molecular flexibility index (Phi) is 4.96. The predicted octanol–water partition coefficient (Wildman–Crippen LogP) is 2.54. The van der Waals surface area contributed by atoms with Crippen LogP contribution >= 0.6 is 11.3 Å². The number of carboxylic acid groups (broad SMARTS) is 1. The molecule has 0 unspecified atom stereocenters. The number of carbonyl (C=O) groups excluding carboxylic acids is 1. The van der Waals surface area contributed by atoms with Crippen LogP contribution in [0, 0.1) is 0 Å². The van der Waals surface area contributed by atoms with Crippen molar-refractivity contribution >= 4 is 23.2 Å². The molecule has 4 nitrogen and oxygen atoms in total. The molecule has 1 fully saturated rings. The molecule has 1 aromatic rings. The molecule has 5 heteroatoms. The zero-order chi connectivity index (χ0) is 13.7. The summed E-state index contributed by atoms with van der Waals surface area (Å²) in [5, 5.41) is 10.7. The molecule has 19 heavy (non-hydrogen) atoms. The highest BCUT2D eigenvalue weighted by molar-refractivity contribution is 7.10. The van der Waals surface area contributed by atoms with Gasteiger partial charge in [0.2, 0.25) is 5.91 Å². The van der Waals surface area contributed by atoms with Crippen molar-refractivity contribution < 1.29 is 14.7 Å². The first kappa shape index (κ1) is 14.1. The molecule has 1 N–H and O–H groups in total. The van der Waals surface area contributed by atoms with Gasteiger partial charge in [0.05, 0.1) is 6.42 Å². The Hall–Kier alpha value is -1.36. The fourth-order valence-electron chi connectivity index (χ4n) is 2.58. The quantitative estimate of drug-likeness (QED) is 0.902. The van der Waals surface area contributed by atoms with Crippen molar-refractivity contribution in [3.8, 4) is 0 Å². The molecule has 104 valence electrons. The minimum atomic E-state index is -0.781. The first-order chi connectivity index (χ1) is 9.16. The second kappa shape index (κ2) is 6.70. The normalized spacial score (nSPS) is 19.4. The lowest BCUT2D eigenvalue weighted by molar-refractivity contribution is -0.139. The van der Waals surface area contributed by atoms with Gasteiger partial charge in [0.1, 0.15) is 0 Å². The molecule has 0 saturated carbocycles. The number of amides is 1. The number of hydrogen-bond donors (Lipinski definition) is 1. The van der Waals surface area contributed by atoms with Crippen LogP contribution in [-0.2, 0) is 16.0 Å². The van der Waals surface area contributed by atoms with Crippen LogP contribution in [0.1, 0.15) is 37.0 Å². The summed E-state index contributed by atoms with van der Waals surface area (Å²) >= 11 is 1.59. The van der Waals surface area contributed by atoms with Crippen molar-refractivity contribution in [2.45, 2.75) is 44.6 Å². The van der Waals surface area contributed by atoms with Crippen molar-refractivity contribution in [1.29, 1.82) is 0 Å². The number of carboxylic acids is 1. The van der Waals surface area contributed by atoms with Gasteiger partial charge in [-0.2, -0.15) is 0 Å². The summed E-state index contributed by atoms with van der Waals surface area (Å²) in [6, 6.07) is 4.03. The lowest BCUT2D eigenvalue weighted by Crippen LogP contribution is -2.44. The molecule has 1 atom stereocenters. The number of nitrogens with zero attached hydrogens (tertiary/aromatic N) is 1. The van der Waals surface area contributed by atoms with E-state index in [1.807, 2.05) is 22.4 Å². The number of aliphatic carboxylic acids is 1. The molecule has 1 amide bonds. The molecule has 0 radical (unpaired) electrons. The zero-order valence-corrected chi connectivity index (χ0v) is 11.7. The Morgan fingerprint density at radius 2 is 2.26 bits per heavy atom. The summed E-state index contributed by atoms with van der Waals surface area (Å²) in [7, 11) is 0. The fraction of sp³-hybridized carbons (Fsp3) is 0.571. The van der Waals surface area contributed by atoms with Crippen LogP contribution < -0.4 is 0 Å². The van der Waals surface area contributed by atoms with E-state index in [4.69, 9.17) is 5.11 Å². The number of thiophene rings is 1. The molecule has 0 aromatic carbocycles. The van der Waals surface area contributed by atoms with Gasteiger partial charge in [-0.3, -0.25) is 9.59 Å². The van der Waals surface area contributed by atoms with Crippen LogP contribution in [0.2, 0.25) is 0 Å². The molecule has 1 aliphatic rings. The van der Waals surface area contributed by atoms with Gasteiger partial charge in [-0.15, -0.1) is 11.3 Å². The molecule has 2 rings (SSSR count). The summed E-state index contributed by atoms with van der Waals surface area (Å²) in [5.74, 6) is -0.645. The van der Waals surface area contributed by atoms with Crippen molar-refractivity contribution in [2.24, 2.45) is 0 Å². The van der Waals surface area contributed by atoms with Gasteiger partial charge >= 0.3 is 5.97 Å². The number of rotatable bonds is 5. The summed E-state index contributed by atoms with van der Waals surface area (Å²) in [4.78, 5) is 26.0. The Bertz CT molecular complexity index is 430. The van der Waals surface area contributed by atoms with Crippen molar-refractivity contribution in [3.63, 3.8) is 0 Å². The molecule has 0 aliphatic carbocycles. The Balaban J connectivity index is 1.94. The Morgan fingerprint density at radius 3 is 2.95 bits per heavy atom. The largest absolute Gasteiger partial charge is 0.481 e. The molecule has 0 spiro atoms. The first-order valence-electron chi connectivity index (χ1n) is 6.70. The van der Waals surface area contributed by atoms with Crippen LogP contribution in [0.15, 0.2) is 17.5 Å². The van der Waals surface area contributed by atoms with E-state index in [0.717, 1.165) is 30.7 Å². The summed E-state index contributed by atoms with van der Waals surface area (Å²) in [6.45, 7) is 0.772. The standard InChI is InChI=1S/C14H19NO3S/c16-13(10-12-5-3-9-19-12)15-8-2-1-4-11(15)6-7-14(17)18/h3,5,9,11H,1-2,4,6-8,10H2,(H,17,18)/t11-/m0/s1. The number of carbonyl (C=O) groups is 2. The zero-order valence-electron chi connectivity index (χ0n) is 10.9. The first-order valence-corrected chi connectivity index (χ1v) is 7.58. The third-order valence-electron chi connectivity index (χ3n) is 3.54. The molecule has 1 aliphatic heterocycles. The Morgan fingerprint density at radius 1 is 1.42 bits per heavy atom. The highest BCUT2D eigenvalue weighted by Crippen LogP contribution is 2.22. The van der Waals surface area contributed by atoms with Crippen molar-refractivity contribution in [1.82, 2.24) is 4.90 Å². The molecule has 1 saturated heterocycles. The number of hydrogen-bond acceptors (Lipinski definition) is 3. The summed E-state index contributed by atoms with van der Waals surface area (Å²) in [6.07, 6.45) is 4.22. The molecular weight excluding hydrogens is 262 g/mol. The number of likely N-dealkylation sites (tertiary alicyclic amines) is 1. The average molecular weight is 281 g/mol. The van der Waals surface area contributed by atoms with Gasteiger partial charge in [-0.1, -0.05) is 6.07 Å². The van der Waals surface area contributed by atoms with E-state index in [-0.39, 0.29) is 18.4 Å². The maximum Gasteiger partial charge on any atom is 0.303 e. The van der Waals surface area contributed by atoms with E-state index in [1.165, 1.54) is 0 Å². The van der Waals surface area contributed by atoms with Gasteiger partial charge in [-0.25, -0.2) is 0 Å². The van der Waals surface area contributed by atoms with E-state index < -0.39 is 5.97 Å². The van der Waals surface area contributed by atoms with Crippen LogP contribution in [0.3, 0.4) is 0 Å². The SMILES string of the molecule is O=C(O)CC[C@@H]1CCCCN1C(=O)Cc1cccs1.